The van der Waals surface area contributed by atoms with Crippen LogP contribution in [0.4, 0.5) is 0 Å². The van der Waals surface area contributed by atoms with E-state index in [4.69, 9.17) is 5.73 Å². The largest absolute Gasteiger partial charge is 0.330 e. The third-order valence-electron chi connectivity index (χ3n) is 2.91. The normalized spacial score (nSPS) is 10.5. The minimum Gasteiger partial charge on any atom is -0.330 e. The molecule has 1 aromatic rings. The highest BCUT2D eigenvalue weighted by Crippen LogP contribution is 2.12. The molecule has 0 fully saturated rings. The van der Waals surface area contributed by atoms with E-state index in [9.17, 15) is 0 Å². The van der Waals surface area contributed by atoms with Crippen molar-refractivity contribution in [2.24, 2.45) is 5.73 Å². The van der Waals surface area contributed by atoms with Gasteiger partial charge in [0.25, 0.3) is 0 Å². The second-order valence-corrected chi connectivity index (χ2v) is 4.23. The fourth-order valence-electron chi connectivity index (χ4n) is 1.88. The molecule has 0 bridgehead atoms. The minimum atomic E-state index is 0.845. The second-order valence-electron chi connectivity index (χ2n) is 4.23. The molecule has 0 aliphatic carbocycles. The molecule has 84 valence electrons. The van der Waals surface area contributed by atoms with Crippen LogP contribution in [0.5, 0.6) is 0 Å². The van der Waals surface area contributed by atoms with Gasteiger partial charge >= 0.3 is 0 Å². The molecule has 15 heavy (non-hydrogen) atoms. The second kappa shape index (κ2) is 7.47. The SMILES string of the molecule is Cc1ccccc1CCCCCCCN. The first-order chi connectivity index (χ1) is 7.34. The average Bonchev–Trinajstić information content (AvgIpc) is 2.25. The number of rotatable bonds is 7. The van der Waals surface area contributed by atoms with Crippen LogP contribution in [0.1, 0.15) is 43.2 Å². The maximum atomic E-state index is 5.45. The smallest absolute Gasteiger partial charge is 0.00773 e. The Hall–Kier alpha value is -0.820. The van der Waals surface area contributed by atoms with E-state index in [0.717, 1.165) is 6.54 Å². The Morgan fingerprint density at radius 3 is 2.33 bits per heavy atom. The fraction of sp³-hybridized carbons (Fsp3) is 0.571. The van der Waals surface area contributed by atoms with Crippen molar-refractivity contribution in [2.75, 3.05) is 6.54 Å². The molecule has 1 aromatic carbocycles. The van der Waals surface area contributed by atoms with E-state index in [1.807, 2.05) is 0 Å². The Bertz CT molecular complexity index is 268. The Labute approximate surface area is 93.7 Å². The lowest BCUT2D eigenvalue weighted by molar-refractivity contribution is 0.618. The first kappa shape index (κ1) is 12.3. The van der Waals surface area contributed by atoms with Gasteiger partial charge in [0, 0.05) is 0 Å². The van der Waals surface area contributed by atoms with E-state index >= 15 is 0 Å². The van der Waals surface area contributed by atoms with Gasteiger partial charge in [0.1, 0.15) is 0 Å². The topological polar surface area (TPSA) is 26.0 Å². The number of aryl methyl sites for hydroxylation is 2. The molecule has 0 saturated heterocycles. The Morgan fingerprint density at radius 1 is 0.933 bits per heavy atom. The number of hydrogen-bond donors (Lipinski definition) is 1. The number of benzene rings is 1. The number of nitrogens with two attached hydrogens (primary N) is 1. The Balaban J connectivity index is 2.12. The molecular weight excluding hydrogens is 182 g/mol. The van der Waals surface area contributed by atoms with Gasteiger partial charge in [0.2, 0.25) is 0 Å². The van der Waals surface area contributed by atoms with Crippen LogP contribution in [-0.4, -0.2) is 6.54 Å². The molecule has 0 aliphatic heterocycles. The molecule has 0 heterocycles. The monoisotopic (exact) mass is 205 g/mol. The summed E-state index contributed by atoms with van der Waals surface area (Å²) < 4.78 is 0. The summed E-state index contributed by atoms with van der Waals surface area (Å²) >= 11 is 0. The highest BCUT2D eigenvalue weighted by Gasteiger charge is 1.96. The van der Waals surface area contributed by atoms with Crippen LogP contribution in [0.3, 0.4) is 0 Å². The quantitative estimate of drug-likeness (QED) is 0.678. The lowest BCUT2D eigenvalue weighted by Crippen LogP contribution is -1.97. The van der Waals surface area contributed by atoms with Crippen LogP contribution in [0.25, 0.3) is 0 Å². The molecule has 0 spiro atoms. The van der Waals surface area contributed by atoms with Gasteiger partial charge in [-0.15, -0.1) is 0 Å². The highest BCUT2D eigenvalue weighted by molar-refractivity contribution is 5.25. The van der Waals surface area contributed by atoms with Crippen molar-refractivity contribution in [1.29, 1.82) is 0 Å². The summed E-state index contributed by atoms with van der Waals surface area (Å²) in [7, 11) is 0. The summed E-state index contributed by atoms with van der Waals surface area (Å²) in [5.41, 5.74) is 8.39. The standard InChI is InChI=1S/C14H23N/c1-13-9-6-7-11-14(13)10-5-3-2-4-8-12-15/h6-7,9,11H,2-5,8,10,12,15H2,1H3. The number of hydrogen-bond acceptors (Lipinski definition) is 1. The average molecular weight is 205 g/mol. The van der Waals surface area contributed by atoms with E-state index < -0.39 is 0 Å². The van der Waals surface area contributed by atoms with Gasteiger partial charge in [0.05, 0.1) is 0 Å². The molecule has 0 radical (unpaired) electrons. The van der Waals surface area contributed by atoms with Crippen molar-refractivity contribution in [1.82, 2.24) is 0 Å². The molecule has 0 amide bonds. The predicted octanol–water partition coefficient (Wildman–Crippen LogP) is 3.45. The van der Waals surface area contributed by atoms with Gasteiger partial charge in [-0.05, 0) is 43.9 Å². The maximum Gasteiger partial charge on any atom is -0.00773 e. The van der Waals surface area contributed by atoms with Crippen molar-refractivity contribution in [2.45, 2.75) is 45.4 Å². The van der Waals surface area contributed by atoms with Crippen molar-refractivity contribution in [3.8, 4) is 0 Å². The lowest BCUT2D eigenvalue weighted by atomic mass is 10.0. The molecule has 0 atom stereocenters. The van der Waals surface area contributed by atoms with Crippen LogP contribution >= 0.6 is 0 Å². The van der Waals surface area contributed by atoms with E-state index in [-0.39, 0.29) is 0 Å². The van der Waals surface area contributed by atoms with E-state index in [1.54, 1.807) is 0 Å². The van der Waals surface area contributed by atoms with Gasteiger partial charge in [-0.3, -0.25) is 0 Å². The van der Waals surface area contributed by atoms with E-state index in [1.165, 1.54) is 49.7 Å². The summed E-state index contributed by atoms with van der Waals surface area (Å²) in [4.78, 5) is 0. The summed E-state index contributed by atoms with van der Waals surface area (Å²) in [6.45, 7) is 3.04. The minimum absolute atomic E-state index is 0.845. The summed E-state index contributed by atoms with van der Waals surface area (Å²) in [5.74, 6) is 0. The van der Waals surface area contributed by atoms with Gasteiger partial charge in [-0.25, -0.2) is 0 Å². The third-order valence-corrected chi connectivity index (χ3v) is 2.91. The number of unbranched alkanes of at least 4 members (excludes halogenated alkanes) is 4. The molecule has 1 nitrogen and oxygen atoms in total. The van der Waals surface area contributed by atoms with Gasteiger partial charge < -0.3 is 5.73 Å². The van der Waals surface area contributed by atoms with Crippen LogP contribution in [0.15, 0.2) is 24.3 Å². The predicted molar refractivity (Wildman–Crippen MR) is 67.0 cm³/mol. The fourth-order valence-corrected chi connectivity index (χ4v) is 1.88. The Kier molecular flexibility index (Phi) is 6.10. The van der Waals surface area contributed by atoms with E-state index in [2.05, 4.69) is 31.2 Å². The lowest BCUT2D eigenvalue weighted by Gasteiger charge is -2.05. The zero-order valence-corrected chi connectivity index (χ0v) is 9.84. The van der Waals surface area contributed by atoms with Crippen molar-refractivity contribution in [3.63, 3.8) is 0 Å². The van der Waals surface area contributed by atoms with Gasteiger partial charge in [-0.2, -0.15) is 0 Å². The highest BCUT2D eigenvalue weighted by atomic mass is 14.5. The molecule has 0 unspecified atom stereocenters. The van der Waals surface area contributed by atoms with E-state index in [0.29, 0.717) is 0 Å². The molecule has 0 aliphatic rings. The summed E-state index contributed by atoms with van der Waals surface area (Å²) in [6, 6.07) is 8.69. The Morgan fingerprint density at radius 2 is 1.60 bits per heavy atom. The van der Waals surface area contributed by atoms with Crippen molar-refractivity contribution >= 4 is 0 Å². The molecule has 0 aromatic heterocycles. The molecular formula is C14H23N. The first-order valence-electron chi connectivity index (χ1n) is 6.09. The van der Waals surface area contributed by atoms with Gasteiger partial charge in [0.15, 0.2) is 0 Å². The summed E-state index contributed by atoms with van der Waals surface area (Å²) in [5, 5.41) is 0. The molecule has 0 saturated carbocycles. The van der Waals surface area contributed by atoms with Crippen LogP contribution in [0.2, 0.25) is 0 Å². The van der Waals surface area contributed by atoms with Gasteiger partial charge in [-0.1, -0.05) is 43.5 Å². The van der Waals surface area contributed by atoms with Crippen LogP contribution < -0.4 is 5.73 Å². The maximum absolute atomic E-state index is 5.45. The molecule has 2 N–H and O–H groups in total. The van der Waals surface area contributed by atoms with Crippen LogP contribution in [0, 0.1) is 6.92 Å². The van der Waals surface area contributed by atoms with Crippen molar-refractivity contribution < 1.29 is 0 Å². The summed E-state index contributed by atoms with van der Waals surface area (Å²) in [6.07, 6.45) is 7.71. The first-order valence-corrected chi connectivity index (χ1v) is 6.09. The zero-order chi connectivity index (χ0) is 10.9. The third kappa shape index (κ3) is 4.98. The van der Waals surface area contributed by atoms with Crippen molar-refractivity contribution in [3.05, 3.63) is 35.4 Å². The zero-order valence-electron chi connectivity index (χ0n) is 9.84. The molecule has 1 rings (SSSR count). The molecule has 1 heteroatoms. The van der Waals surface area contributed by atoms with Crippen LogP contribution in [-0.2, 0) is 6.42 Å².